The van der Waals surface area contributed by atoms with E-state index >= 15 is 0 Å². The van der Waals surface area contributed by atoms with Gasteiger partial charge in [-0.25, -0.2) is 4.98 Å². The van der Waals surface area contributed by atoms with Gasteiger partial charge in [0.05, 0.1) is 18.5 Å². The molecule has 1 fully saturated rings. The maximum atomic E-state index is 8.57. The molecule has 1 aliphatic carbocycles. The molecule has 2 rings (SSSR count). The molecule has 0 unspecified atom stereocenters. The third-order valence-electron chi connectivity index (χ3n) is 2.37. The Morgan fingerprint density at radius 3 is 2.93 bits per heavy atom. The van der Waals surface area contributed by atoms with Crippen molar-refractivity contribution >= 4 is 5.69 Å². The molecule has 82 valence electrons. The van der Waals surface area contributed by atoms with Crippen LogP contribution < -0.4 is 10.1 Å². The number of aliphatic hydroxyl groups is 1. The molecule has 0 aromatic carbocycles. The summed E-state index contributed by atoms with van der Waals surface area (Å²) in [5, 5.41) is 11.9. The number of aliphatic hydroxyl groups excluding tert-OH is 1. The Hall–Kier alpha value is -1.29. The number of nitrogens with zero attached hydrogens (tertiary/aromatic N) is 1. The minimum Gasteiger partial charge on any atom is -0.475 e. The quantitative estimate of drug-likeness (QED) is 0.739. The van der Waals surface area contributed by atoms with Gasteiger partial charge in [0.25, 0.3) is 0 Å². The lowest BCUT2D eigenvalue weighted by atomic mass is 10.3. The van der Waals surface area contributed by atoms with Crippen molar-refractivity contribution < 1.29 is 9.84 Å². The fraction of sp³-hybridized carbons (Fsp3) is 0.545. The van der Waals surface area contributed by atoms with Gasteiger partial charge in [-0.05, 0) is 24.8 Å². The highest BCUT2D eigenvalue weighted by molar-refractivity contribution is 5.42. The first kappa shape index (κ1) is 10.2. The van der Waals surface area contributed by atoms with Gasteiger partial charge in [0.1, 0.15) is 6.61 Å². The number of aromatic nitrogens is 1. The number of nitrogens with one attached hydrogen (secondary N) is 1. The number of hydrogen-bond acceptors (Lipinski definition) is 4. The molecule has 1 aliphatic rings. The second kappa shape index (κ2) is 4.98. The third-order valence-corrected chi connectivity index (χ3v) is 2.37. The highest BCUT2D eigenvalue weighted by Gasteiger charge is 2.20. The van der Waals surface area contributed by atoms with Crippen molar-refractivity contribution in [3.8, 4) is 5.88 Å². The van der Waals surface area contributed by atoms with Gasteiger partial charge in [-0.15, -0.1) is 0 Å². The van der Waals surface area contributed by atoms with Gasteiger partial charge in [0.2, 0.25) is 5.88 Å². The molecule has 0 aliphatic heterocycles. The topological polar surface area (TPSA) is 54.4 Å². The Labute approximate surface area is 89.3 Å². The first-order valence-corrected chi connectivity index (χ1v) is 5.32. The van der Waals surface area contributed by atoms with Gasteiger partial charge in [-0.2, -0.15) is 0 Å². The summed E-state index contributed by atoms with van der Waals surface area (Å²) in [6.45, 7) is 1.35. The van der Waals surface area contributed by atoms with Gasteiger partial charge in [-0.1, -0.05) is 0 Å². The zero-order valence-corrected chi connectivity index (χ0v) is 8.65. The van der Waals surface area contributed by atoms with Crippen molar-refractivity contribution in [2.75, 3.05) is 25.1 Å². The molecule has 0 atom stereocenters. The second-order valence-corrected chi connectivity index (χ2v) is 3.78. The second-order valence-electron chi connectivity index (χ2n) is 3.78. The molecular formula is C11H16N2O2. The van der Waals surface area contributed by atoms with Gasteiger partial charge in [0, 0.05) is 12.6 Å². The molecule has 1 aromatic rings. The fourth-order valence-corrected chi connectivity index (χ4v) is 1.30. The Morgan fingerprint density at radius 2 is 2.33 bits per heavy atom. The summed E-state index contributed by atoms with van der Waals surface area (Å²) in [6, 6.07) is 3.76. The summed E-state index contributed by atoms with van der Waals surface area (Å²) in [5.74, 6) is 1.41. The molecule has 0 radical (unpaired) electrons. The predicted molar refractivity (Wildman–Crippen MR) is 58.0 cm³/mol. The van der Waals surface area contributed by atoms with Crippen LogP contribution in [0, 0.1) is 5.92 Å². The van der Waals surface area contributed by atoms with Crippen LogP contribution in [0.25, 0.3) is 0 Å². The van der Waals surface area contributed by atoms with Crippen molar-refractivity contribution in [1.82, 2.24) is 4.98 Å². The third kappa shape index (κ3) is 3.40. The molecule has 0 spiro atoms. The molecule has 0 saturated heterocycles. The minimum atomic E-state index is 0.0172. The fourth-order valence-electron chi connectivity index (χ4n) is 1.30. The molecule has 1 aromatic heterocycles. The lowest BCUT2D eigenvalue weighted by Gasteiger charge is -2.06. The molecule has 4 heteroatoms. The number of hydrogen-bond donors (Lipinski definition) is 2. The number of ether oxygens (including phenoxy) is 1. The van der Waals surface area contributed by atoms with Gasteiger partial charge in [0.15, 0.2) is 0 Å². The Morgan fingerprint density at radius 1 is 1.47 bits per heavy atom. The van der Waals surface area contributed by atoms with E-state index in [0.717, 1.165) is 18.2 Å². The van der Waals surface area contributed by atoms with Crippen molar-refractivity contribution in [1.29, 1.82) is 0 Å². The molecule has 1 saturated carbocycles. The number of anilines is 1. The van der Waals surface area contributed by atoms with E-state index < -0.39 is 0 Å². The number of rotatable bonds is 6. The van der Waals surface area contributed by atoms with Crippen molar-refractivity contribution in [3.05, 3.63) is 18.3 Å². The highest BCUT2D eigenvalue weighted by atomic mass is 16.5. The maximum absolute atomic E-state index is 8.57. The summed E-state index contributed by atoms with van der Waals surface area (Å²) in [6.07, 6.45) is 4.45. The van der Waals surface area contributed by atoms with E-state index in [9.17, 15) is 0 Å². The van der Waals surface area contributed by atoms with Crippen LogP contribution in [0.3, 0.4) is 0 Å². The van der Waals surface area contributed by atoms with Crippen LogP contribution in [-0.2, 0) is 0 Å². The van der Waals surface area contributed by atoms with E-state index in [1.54, 1.807) is 6.20 Å². The largest absolute Gasteiger partial charge is 0.475 e. The van der Waals surface area contributed by atoms with Crippen molar-refractivity contribution in [2.45, 2.75) is 12.8 Å². The lowest BCUT2D eigenvalue weighted by Crippen LogP contribution is -2.05. The van der Waals surface area contributed by atoms with Crippen molar-refractivity contribution in [2.24, 2.45) is 5.92 Å². The molecule has 0 bridgehead atoms. The minimum absolute atomic E-state index is 0.0172. The van der Waals surface area contributed by atoms with E-state index in [-0.39, 0.29) is 6.61 Å². The Bertz CT molecular complexity index is 296. The van der Waals surface area contributed by atoms with E-state index in [4.69, 9.17) is 9.84 Å². The van der Waals surface area contributed by atoms with Gasteiger partial charge >= 0.3 is 0 Å². The molecule has 15 heavy (non-hydrogen) atoms. The zero-order chi connectivity index (χ0) is 10.5. The lowest BCUT2D eigenvalue weighted by molar-refractivity contribution is 0.196. The normalized spacial score (nSPS) is 15.0. The Balaban J connectivity index is 1.79. The summed E-state index contributed by atoms with van der Waals surface area (Å²) in [4.78, 5) is 4.12. The SMILES string of the molecule is OCCOc1ccc(NCC2CC2)cn1. The zero-order valence-electron chi connectivity index (χ0n) is 8.65. The van der Waals surface area contributed by atoms with Crippen molar-refractivity contribution in [3.63, 3.8) is 0 Å². The monoisotopic (exact) mass is 208 g/mol. The summed E-state index contributed by atoms with van der Waals surface area (Å²) in [7, 11) is 0. The summed E-state index contributed by atoms with van der Waals surface area (Å²) >= 11 is 0. The van der Waals surface area contributed by atoms with E-state index in [2.05, 4.69) is 10.3 Å². The van der Waals surface area contributed by atoms with Crippen LogP contribution >= 0.6 is 0 Å². The molecule has 2 N–H and O–H groups in total. The van der Waals surface area contributed by atoms with Crippen LogP contribution in [0.4, 0.5) is 5.69 Å². The first-order valence-electron chi connectivity index (χ1n) is 5.32. The smallest absolute Gasteiger partial charge is 0.213 e. The van der Waals surface area contributed by atoms with Crippen LogP contribution in [-0.4, -0.2) is 29.8 Å². The van der Waals surface area contributed by atoms with Gasteiger partial charge < -0.3 is 15.2 Å². The maximum Gasteiger partial charge on any atom is 0.213 e. The first-order chi connectivity index (χ1) is 7.38. The van der Waals surface area contributed by atoms with Crippen LogP contribution in [0.2, 0.25) is 0 Å². The van der Waals surface area contributed by atoms with Crippen LogP contribution in [0.5, 0.6) is 5.88 Å². The molecule has 4 nitrogen and oxygen atoms in total. The van der Waals surface area contributed by atoms with E-state index in [1.807, 2.05) is 12.1 Å². The average molecular weight is 208 g/mol. The molecular weight excluding hydrogens is 192 g/mol. The average Bonchev–Trinajstić information content (AvgIpc) is 3.09. The highest BCUT2D eigenvalue weighted by Crippen LogP contribution is 2.28. The standard InChI is InChI=1S/C11H16N2O2/c14-5-6-15-11-4-3-10(8-13-11)12-7-9-1-2-9/h3-4,8-9,12,14H,1-2,5-7H2. The number of pyridine rings is 1. The van der Waals surface area contributed by atoms with E-state index in [0.29, 0.717) is 12.5 Å². The summed E-state index contributed by atoms with van der Waals surface area (Å²) in [5.41, 5.74) is 1.03. The predicted octanol–water partition coefficient (Wildman–Crippen LogP) is 1.27. The van der Waals surface area contributed by atoms with Gasteiger partial charge in [-0.3, -0.25) is 0 Å². The molecule has 1 heterocycles. The van der Waals surface area contributed by atoms with Crippen LogP contribution in [0.1, 0.15) is 12.8 Å². The Kier molecular flexibility index (Phi) is 3.40. The summed E-state index contributed by atoms with van der Waals surface area (Å²) < 4.78 is 5.16. The van der Waals surface area contributed by atoms with Crippen LogP contribution in [0.15, 0.2) is 18.3 Å². The van der Waals surface area contributed by atoms with E-state index in [1.165, 1.54) is 12.8 Å². The molecule has 0 amide bonds.